The van der Waals surface area contributed by atoms with Gasteiger partial charge < -0.3 is 15.3 Å². The number of pyridine rings is 2. The van der Waals surface area contributed by atoms with Gasteiger partial charge in [0.05, 0.1) is 22.2 Å². The number of hydrogen-bond acceptors (Lipinski definition) is 6. The summed E-state index contributed by atoms with van der Waals surface area (Å²) in [5, 5.41) is 19.6. The van der Waals surface area contributed by atoms with E-state index < -0.39 is 0 Å². The van der Waals surface area contributed by atoms with Gasteiger partial charge in [-0.2, -0.15) is 5.10 Å². The highest BCUT2D eigenvalue weighted by Crippen LogP contribution is 2.36. The van der Waals surface area contributed by atoms with Gasteiger partial charge in [-0.3, -0.25) is 4.68 Å². The molecule has 3 aromatic heterocycles. The lowest BCUT2D eigenvalue weighted by Gasteiger charge is -2.17. The number of phenols is 1. The maximum Gasteiger partial charge on any atom is 0.130 e. The second-order valence-corrected chi connectivity index (χ2v) is 8.32. The van der Waals surface area contributed by atoms with Crippen molar-refractivity contribution in [2.24, 2.45) is 13.0 Å². The second kappa shape index (κ2) is 6.95. The number of aryl methyl sites for hydroxylation is 2. The molecule has 2 N–H and O–H groups in total. The highest BCUT2D eigenvalue weighted by Gasteiger charge is 2.29. The highest BCUT2D eigenvalue weighted by molar-refractivity contribution is 5.91. The van der Waals surface area contributed by atoms with Crippen LogP contribution in [0, 0.1) is 12.8 Å². The van der Waals surface area contributed by atoms with Crippen molar-refractivity contribution >= 4 is 27.8 Å². The van der Waals surface area contributed by atoms with Crippen LogP contribution in [0.15, 0.2) is 36.5 Å². The summed E-state index contributed by atoms with van der Waals surface area (Å²) in [5.74, 6) is 1.79. The molecule has 7 nitrogen and oxygen atoms in total. The van der Waals surface area contributed by atoms with E-state index in [4.69, 9.17) is 9.97 Å². The Bertz CT molecular complexity index is 1260. The minimum atomic E-state index is 0.224. The first kappa shape index (κ1) is 18.8. The normalized spacial score (nSPS) is 19.3. The third kappa shape index (κ3) is 2.97. The van der Waals surface area contributed by atoms with Gasteiger partial charge in [0.1, 0.15) is 11.6 Å². The van der Waals surface area contributed by atoms with Gasteiger partial charge in [-0.25, -0.2) is 9.97 Å². The lowest BCUT2D eigenvalue weighted by Crippen LogP contribution is -2.32. The van der Waals surface area contributed by atoms with Crippen molar-refractivity contribution in [2.75, 3.05) is 25.0 Å². The highest BCUT2D eigenvalue weighted by atomic mass is 16.3. The fourth-order valence-corrected chi connectivity index (χ4v) is 4.49. The number of phenolic OH excluding ortho intramolecular Hbond substituents is 1. The van der Waals surface area contributed by atoms with E-state index in [-0.39, 0.29) is 5.75 Å². The lowest BCUT2D eigenvalue weighted by atomic mass is 10.0. The Hall–Kier alpha value is -3.19. The Labute approximate surface area is 175 Å². The lowest BCUT2D eigenvalue weighted by molar-refractivity contribution is 0.474. The van der Waals surface area contributed by atoms with E-state index in [9.17, 15) is 5.11 Å². The number of aromatic hydroxyl groups is 1. The summed E-state index contributed by atoms with van der Waals surface area (Å²) < 4.78 is 1.76. The van der Waals surface area contributed by atoms with Crippen LogP contribution in [0.4, 0.5) is 5.82 Å². The molecule has 0 bridgehead atoms. The third-order valence-corrected chi connectivity index (χ3v) is 6.23. The van der Waals surface area contributed by atoms with E-state index in [1.165, 1.54) is 0 Å². The summed E-state index contributed by atoms with van der Waals surface area (Å²) in [6.45, 7) is 6.11. The van der Waals surface area contributed by atoms with Crippen LogP contribution in [0.5, 0.6) is 5.75 Å². The van der Waals surface area contributed by atoms with Crippen LogP contribution in [0.1, 0.15) is 12.5 Å². The fourth-order valence-electron chi connectivity index (χ4n) is 4.49. The predicted molar refractivity (Wildman–Crippen MR) is 120 cm³/mol. The van der Waals surface area contributed by atoms with Crippen LogP contribution in [0.2, 0.25) is 0 Å². The minimum absolute atomic E-state index is 0.224. The van der Waals surface area contributed by atoms with E-state index in [1.54, 1.807) is 4.68 Å². The van der Waals surface area contributed by atoms with Gasteiger partial charge >= 0.3 is 0 Å². The van der Waals surface area contributed by atoms with E-state index in [0.717, 1.165) is 52.1 Å². The van der Waals surface area contributed by atoms with Crippen molar-refractivity contribution in [3.05, 3.63) is 42.1 Å². The summed E-state index contributed by atoms with van der Waals surface area (Å²) >= 11 is 0. The van der Waals surface area contributed by atoms with Crippen molar-refractivity contribution < 1.29 is 5.11 Å². The molecular formula is C23H26N6O. The Morgan fingerprint density at radius 2 is 1.87 bits per heavy atom. The van der Waals surface area contributed by atoms with Crippen LogP contribution in [0.3, 0.4) is 0 Å². The number of rotatable bonds is 3. The maximum atomic E-state index is 10.8. The molecule has 30 heavy (non-hydrogen) atoms. The van der Waals surface area contributed by atoms with Crippen molar-refractivity contribution in [1.82, 2.24) is 25.1 Å². The number of nitrogens with one attached hydrogen (secondary N) is 1. The zero-order chi connectivity index (χ0) is 21.0. The quantitative estimate of drug-likeness (QED) is 0.548. The summed E-state index contributed by atoms with van der Waals surface area (Å²) in [6.07, 6.45) is 1.95. The fraction of sp³-hybridized carbons (Fsp3) is 0.348. The summed E-state index contributed by atoms with van der Waals surface area (Å²) in [5.41, 5.74) is 4.69. The molecule has 7 heteroatoms. The minimum Gasteiger partial charge on any atom is -0.507 e. The van der Waals surface area contributed by atoms with Gasteiger partial charge in [0, 0.05) is 48.9 Å². The molecule has 0 unspecified atom stereocenters. The van der Waals surface area contributed by atoms with Gasteiger partial charge in [0.15, 0.2) is 0 Å². The largest absolute Gasteiger partial charge is 0.507 e. The zero-order valence-electron chi connectivity index (χ0n) is 17.7. The molecule has 4 aromatic rings. The van der Waals surface area contributed by atoms with Crippen molar-refractivity contribution in [2.45, 2.75) is 19.9 Å². The molecule has 0 spiro atoms. The first-order chi connectivity index (χ1) is 14.4. The molecule has 1 aromatic carbocycles. The standard InChI is InChI=1S/C23H26N6O/c1-13-10-29(12-20(13)24-3)21-8-7-18-19(26-21)6-5-17(25-18)16-9-15-11-28(4)27-22(15)14(2)23(16)30/h5-9,11,13,20,24,30H,10,12H2,1-4H3/t13-,20+/m0/s1. The van der Waals surface area contributed by atoms with Crippen LogP contribution < -0.4 is 10.2 Å². The van der Waals surface area contributed by atoms with Crippen molar-refractivity contribution in [3.8, 4) is 17.0 Å². The van der Waals surface area contributed by atoms with Crippen LogP contribution in [0.25, 0.3) is 33.2 Å². The Kier molecular flexibility index (Phi) is 4.36. The van der Waals surface area contributed by atoms with Crippen LogP contribution in [-0.2, 0) is 7.05 Å². The second-order valence-electron chi connectivity index (χ2n) is 8.32. The molecule has 2 atom stereocenters. The summed E-state index contributed by atoms with van der Waals surface area (Å²) in [6, 6.07) is 10.4. The van der Waals surface area contributed by atoms with Crippen LogP contribution in [-0.4, -0.2) is 51.0 Å². The number of hydrogen-bond donors (Lipinski definition) is 2. The van der Waals surface area contributed by atoms with E-state index in [1.807, 2.05) is 57.5 Å². The van der Waals surface area contributed by atoms with E-state index in [0.29, 0.717) is 17.5 Å². The molecule has 5 rings (SSSR count). The van der Waals surface area contributed by atoms with Crippen molar-refractivity contribution in [1.29, 1.82) is 0 Å². The van der Waals surface area contributed by atoms with Gasteiger partial charge in [0.25, 0.3) is 0 Å². The summed E-state index contributed by atoms with van der Waals surface area (Å²) in [7, 11) is 3.90. The third-order valence-electron chi connectivity index (χ3n) is 6.23. The van der Waals surface area contributed by atoms with Crippen molar-refractivity contribution in [3.63, 3.8) is 0 Å². The first-order valence-electron chi connectivity index (χ1n) is 10.3. The number of nitrogens with zero attached hydrogens (tertiary/aromatic N) is 5. The van der Waals surface area contributed by atoms with Gasteiger partial charge in [0.2, 0.25) is 0 Å². The average Bonchev–Trinajstić information content (AvgIpc) is 3.31. The Balaban J connectivity index is 1.53. The van der Waals surface area contributed by atoms with Gasteiger partial charge in [-0.1, -0.05) is 6.92 Å². The summed E-state index contributed by atoms with van der Waals surface area (Å²) in [4.78, 5) is 12.0. The van der Waals surface area contributed by atoms with E-state index in [2.05, 4.69) is 22.2 Å². The van der Waals surface area contributed by atoms with E-state index >= 15 is 0 Å². The molecule has 4 heterocycles. The molecule has 1 aliphatic rings. The van der Waals surface area contributed by atoms with Gasteiger partial charge in [-0.15, -0.1) is 0 Å². The number of fused-ring (bicyclic) bond motifs is 2. The molecule has 154 valence electrons. The molecule has 0 radical (unpaired) electrons. The number of anilines is 1. The molecule has 0 aliphatic carbocycles. The predicted octanol–water partition coefficient (Wildman–Crippen LogP) is 3.24. The van der Waals surface area contributed by atoms with Crippen LogP contribution >= 0.6 is 0 Å². The molecule has 0 amide bonds. The number of likely N-dealkylation sites (N-methyl/N-ethyl adjacent to an activating group) is 1. The molecule has 1 saturated heterocycles. The Morgan fingerprint density at radius 1 is 1.10 bits per heavy atom. The Morgan fingerprint density at radius 3 is 2.63 bits per heavy atom. The number of aromatic nitrogens is 4. The smallest absolute Gasteiger partial charge is 0.130 e. The molecule has 1 fully saturated rings. The maximum absolute atomic E-state index is 10.8. The monoisotopic (exact) mass is 402 g/mol. The zero-order valence-corrected chi connectivity index (χ0v) is 17.7. The SMILES string of the molecule is CN[C@@H]1CN(c2ccc3nc(-c4cc5cn(C)nc5c(C)c4O)ccc3n2)C[C@@H]1C. The molecule has 0 saturated carbocycles. The first-order valence-corrected chi connectivity index (χ1v) is 10.3. The average molecular weight is 403 g/mol. The molecular weight excluding hydrogens is 376 g/mol. The van der Waals surface area contributed by atoms with Gasteiger partial charge in [-0.05, 0) is 50.2 Å². The topological polar surface area (TPSA) is 79.1 Å². The number of benzene rings is 1. The molecule has 1 aliphatic heterocycles.